The third-order valence-corrected chi connectivity index (χ3v) is 1.55. The van der Waals surface area contributed by atoms with Crippen molar-refractivity contribution in [3.8, 4) is 5.69 Å². The Bertz CT molecular complexity index is 452. The Hall–Kier alpha value is -2.31. The van der Waals surface area contributed by atoms with Crippen LogP contribution < -0.4 is 0 Å². The fourth-order valence-electron chi connectivity index (χ4n) is 0.973. The van der Waals surface area contributed by atoms with Gasteiger partial charge in [0.15, 0.2) is 0 Å². The summed E-state index contributed by atoms with van der Waals surface area (Å²) in [5.74, 6) is -1.42. The summed E-state index contributed by atoms with van der Waals surface area (Å²) in [6.45, 7) is 0. The van der Waals surface area contributed by atoms with E-state index in [-0.39, 0.29) is 5.82 Å². The van der Waals surface area contributed by atoms with Crippen LogP contribution in [0.1, 0.15) is 10.6 Å². The molecule has 70 valence electrons. The molecular weight excluding hydrogens is 186 g/mol. The molecule has 2 aromatic rings. The number of carbonyl (C=O) groups is 1. The molecule has 7 heteroatoms. The molecule has 0 bridgehead atoms. The van der Waals surface area contributed by atoms with Gasteiger partial charge in [0.05, 0.1) is 11.9 Å². The minimum atomic E-state index is -1.18. The van der Waals surface area contributed by atoms with Crippen LogP contribution in [0.15, 0.2) is 24.5 Å². The van der Waals surface area contributed by atoms with E-state index in [1.807, 2.05) is 0 Å². The van der Waals surface area contributed by atoms with E-state index >= 15 is 0 Å². The van der Waals surface area contributed by atoms with Crippen LogP contribution in [-0.2, 0) is 0 Å². The molecule has 0 aromatic carbocycles. The topological polar surface area (TPSA) is 93.8 Å². The predicted molar refractivity (Wildman–Crippen MR) is 43.9 cm³/mol. The molecule has 2 heterocycles. The third kappa shape index (κ3) is 1.30. The van der Waals surface area contributed by atoms with Crippen LogP contribution in [0.4, 0.5) is 0 Å². The molecule has 2 aromatic heterocycles. The fourth-order valence-corrected chi connectivity index (χ4v) is 0.973. The zero-order chi connectivity index (χ0) is 9.97. The quantitative estimate of drug-likeness (QED) is 0.703. The van der Waals surface area contributed by atoms with Crippen LogP contribution >= 0.6 is 0 Å². The lowest BCUT2D eigenvalue weighted by Crippen LogP contribution is -2.09. The van der Waals surface area contributed by atoms with Crippen LogP contribution in [0.5, 0.6) is 0 Å². The minimum Gasteiger partial charge on any atom is -0.475 e. The van der Waals surface area contributed by atoms with Gasteiger partial charge in [-0.25, -0.2) is 4.79 Å². The summed E-state index contributed by atoms with van der Waals surface area (Å²) in [4.78, 5) is 14.5. The van der Waals surface area contributed by atoms with Crippen LogP contribution in [0, 0.1) is 0 Å². The molecule has 0 radical (unpaired) electrons. The van der Waals surface area contributed by atoms with Crippen LogP contribution in [-0.4, -0.2) is 36.3 Å². The number of nitrogens with zero attached hydrogens (tertiary/aromatic N) is 5. The molecule has 0 amide bonds. The summed E-state index contributed by atoms with van der Waals surface area (Å²) in [7, 11) is 0. The number of carboxylic acid groups (broad SMARTS) is 1. The Kier molecular flexibility index (Phi) is 1.90. The highest BCUT2D eigenvalue weighted by molar-refractivity contribution is 5.83. The van der Waals surface area contributed by atoms with Gasteiger partial charge in [-0.3, -0.25) is 4.98 Å². The van der Waals surface area contributed by atoms with Crippen molar-refractivity contribution in [2.24, 2.45) is 0 Å². The first-order valence-corrected chi connectivity index (χ1v) is 3.71. The number of hydrogen-bond acceptors (Lipinski definition) is 5. The van der Waals surface area contributed by atoms with E-state index in [1.54, 1.807) is 18.3 Å². The van der Waals surface area contributed by atoms with E-state index in [0.717, 1.165) is 4.68 Å². The van der Waals surface area contributed by atoms with Crippen molar-refractivity contribution in [2.45, 2.75) is 0 Å². The smallest absolute Gasteiger partial charge is 0.376 e. The van der Waals surface area contributed by atoms with Crippen molar-refractivity contribution < 1.29 is 9.90 Å². The summed E-state index contributed by atoms with van der Waals surface area (Å²) < 4.78 is 1.11. The third-order valence-electron chi connectivity index (χ3n) is 1.55. The Morgan fingerprint density at radius 2 is 2.36 bits per heavy atom. The molecule has 0 atom stereocenters. The van der Waals surface area contributed by atoms with Gasteiger partial charge in [0.25, 0.3) is 5.82 Å². The standard InChI is InChI=1S/C7H5N5O2/c13-7(14)6-9-10-11-12(6)5-2-1-3-8-4-5/h1-4H,(H,13,14). The van der Waals surface area contributed by atoms with Gasteiger partial charge in [0.2, 0.25) is 0 Å². The van der Waals surface area contributed by atoms with Crippen molar-refractivity contribution in [1.82, 2.24) is 25.2 Å². The number of aromatic carboxylic acids is 1. The lowest BCUT2D eigenvalue weighted by atomic mass is 10.4. The number of hydrogen-bond donors (Lipinski definition) is 1. The summed E-state index contributed by atoms with van der Waals surface area (Å²) in [6.07, 6.45) is 3.05. The van der Waals surface area contributed by atoms with Gasteiger partial charge in [-0.05, 0) is 22.6 Å². The molecule has 1 N–H and O–H groups in total. The van der Waals surface area contributed by atoms with E-state index in [0.29, 0.717) is 5.69 Å². The van der Waals surface area contributed by atoms with E-state index in [2.05, 4.69) is 20.5 Å². The van der Waals surface area contributed by atoms with Gasteiger partial charge in [-0.1, -0.05) is 0 Å². The molecule has 2 rings (SSSR count). The molecule has 0 aliphatic carbocycles. The van der Waals surface area contributed by atoms with Crippen LogP contribution in [0.25, 0.3) is 5.69 Å². The van der Waals surface area contributed by atoms with Crippen molar-refractivity contribution in [1.29, 1.82) is 0 Å². The van der Waals surface area contributed by atoms with Crippen molar-refractivity contribution in [2.75, 3.05) is 0 Å². The van der Waals surface area contributed by atoms with Gasteiger partial charge < -0.3 is 5.11 Å². The zero-order valence-electron chi connectivity index (χ0n) is 6.90. The molecule has 7 nitrogen and oxygen atoms in total. The molecule has 0 saturated carbocycles. The second-order valence-electron chi connectivity index (χ2n) is 2.43. The molecule has 0 fully saturated rings. The Balaban J connectivity index is 2.52. The van der Waals surface area contributed by atoms with Gasteiger partial charge >= 0.3 is 5.97 Å². The average molecular weight is 191 g/mol. The maximum atomic E-state index is 10.7. The molecule has 0 saturated heterocycles. The first-order chi connectivity index (χ1) is 6.79. The van der Waals surface area contributed by atoms with Crippen molar-refractivity contribution in [3.63, 3.8) is 0 Å². The van der Waals surface area contributed by atoms with E-state index in [1.165, 1.54) is 6.20 Å². The molecular formula is C7H5N5O2. The first kappa shape index (κ1) is 8.30. The fraction of sp³-hybridized carbons (Fsp3) is 0. The van der Waals surface area contributed by atoms with Crippen molar-refractivity contribution >= 4 is 5.97 Å². The Morgan fingerprint density at radius 1 is 1.50 bits per heavy atom. The molecule has 0 spiro atoms. The van der Waals surface area contributed by atoms with Crippen molar-refractivity contribution in [3.05, 3.63) is 30.4 Å². The lowest BCUT2D eigenvalue weighted by molar-refractivity contribution is 0.0680. The molecule has 0 aliphatic heterocycles. The molecule has 14 heavy (non-hydrogen) atoms. The zero-order valence-corrected chi connectivity index (χ0v) is 6.90. The number of aromatic nitrogens is 5. The monoisotopic (exact) mass is 191 g/mol. The largest absolute Gasteiger partial charge is 0.475 e. The van der Waals surface area contributed by atoms with Gasteiger partial charge in [-0.15, -0.1) is 5.10 Å². The SMILES string of the molecule is O=C(O)c1nnnn1-c1cccnc1. The normalized spacial score (nSPS) is 10.0. The lowest BCUT2D eigenvalue weighted by Gasteiger charge is -1.98. The second-order valence-corrected chi connectivity index (χ2v) is 2.43. The summed E-state index contributed by atoms with van der Waals surface area (Å²) >= 11 is 0. The van der Waals surface area contributed by atoms with Gasteiger partial charge in [0, 0.05) is 6.20 Å². The minimum absolute atomic E-state index is 0.238. The summed E-state index contributed by atoms with van der Waals surface area (Å²) in [5.41, 5.74) is 0.509. The highest BCUT2D eigenvalue weighted by Gasteiger charge is 2.14. The van der Waals surface area contributed by atoms with Crippen LogP contribution in [0.2, 0.25) is 0 Å². The van der Waals surface area contributed by atoms with E-state index < -0.39 is 5.97 Å². The first-order valence-electron chi connectivity index (χ1n) is 3.71. The van der Waals surface area contributed by atoms with Gasteiger partial charge in [-0.2, -0.15) is 4.68 Å². The number of tetrazole rings is 1. The van der Waals surface area contributed by atoms with Crippen LogP contribution in [0.3, 0.4) is 0 Å². The molecule has 0 aliphatic rings. The highest BCUT2D eigenvalue weighted by atomic mass is 16.4. The predicted octanol–water partition coefficient (Wildman–Crippen LogP) is -0.245. The summed E-state index contributed by atoms with van der Waals surface area (Å²) in [6, 6.07) is 3.33. The Labute approximate surface area is 78.0 Å². The second kappa shape index (κ2) is 3.21. The number of rotatable bonds is 2. The Morgan fingerprint density at radius 3 is 3.00 bits per heavy atom. The maximum Gasteiger partial charge on any atom is 0.376 e. The van der Waals surface area contributed by atoms with E-state index in [4.69, 9.17) is 5.11 Å². The van der Waals surface area contributed by atoms with Gasteiger partial charge in [0.1, 0.15) is 0 Å². The number of pyridine rings is 1. The maximum absolute atomic E-state index is 10.7. The highest BCUT2D eigenvalue weighted by Crippen LogP contribution is 2.04. The summed E-state index contributed by atoms with van der Waals surface area (Å²) in [5, 5.41) is 18.9. The average Bonchev–Trinajstić information content (AvgIpc) is 2.67. The molecule has 0 unspecified atom stereocenters. The van der Waals surface area contributed by atoms with E-state index in [9.17, 15) is 4.79 Å². The number of carboxylic acids is 1.